The smallest absolute Gasteiger partial charge is 0.226 e. The van der Waals surface area contributed by atoms with Crippen molar-refractivity contribution in [1.82, 2.24) is 0 Å². The number of hydrogen-bond acceptors (Lipinski definition) is 7. The van der Waals surface area contributed by atoms with Crippen LogP contribution in [-0.2, 0) is 33.3 Å². The maximum absolute atomic E-state index is 13.3. The predicted molar refractivity (Wildman–Crippen MR) is 267 cm³/mol. The second-order valence-electron chi connectivity index (χ2n) is 18.0. The molecule has 0 N–H and O–H groups in total. The quantitative estimate of drug-likeness (QED) is 0.0198. The number of hydrogen-bond donors (Lipinski definition) is 0. The van der Waals surface area contributed by atoms with Crippen LogP contribution >= 0.6 is 7.82 Å². The average molecular weight is 897 g/mol. The summed E-state index contributed by atoms with van der Waals surface area (Å²) in [5.41, 5.74) is 0. The predicted octanol–water partition coefficient (Wildman–Crippen LogP) is 20.1. The standard InChI is InChI=1S/C54H105O7P/c1-4-7-10-13-16-19-22-25-28-31-34-37-40-43-46-49-52-56-59-62(55,60-57-53-50-47-44-41-38-35-32-29-26-23-20-17-14-11-8-5-2)61-58-54-51-48-45-42-39-36-33-30-27-24-21-18-15-12-9-6-3/h25-30H,4-24,31-54H2,1-3H3/b28-25-,29-26-,30-27-. The maximum Gasteiger partial charge on any atom is 0.556 e. The van der Waals surface area contributed by atoms with Crippen LogP contribution in [0.15, 0.2) is 36.5 Å². The summed E-state index contributed by atoms with van der Waals surface area (Å²) in [7, 11) is -4.18. The molecule has 0 saturated carbocycles. The minimum absolute atomic E-state index is 0.307. The van der Waals surface area contributed by atoms with Gasteiger partial charge in [-0.3, -0.25) is 0 Å². The number of phosphoric acid groups is 1. The van der Waals surface area contributed by atoms with Crippen LogP contribution in [0.4, 0.5) is 0 Å². The first kappa shape index (κ1) is 61.2. The van der Waals surface area contributed by atoms with Crippen molar-refractivity contribution in [2.24, 2.45) is 0 Å². The van der Waals surface area contributed by atoms with Gasteiger partial charge in [-0.15, -0.1) is 14.0 Å². The number of unbranched alkanes of at least 4 members (excludes halogenated alkanes) is 36. The Hall–Kier alpha value is -0.790. The third-order valence-electron chi connectivity index (χ3n) is 11.7. The fourth-order valence-electron chi connectivity index (χ4n) is 7.57. The van der Waals surface area contributed by atoms with Crippen molar-refractivity contribution in [1.29, 1.82) is 0 Å². The summed E-state index contributed by atoms with van der Waals surface area (Å²) in [4.78, 5) is 15.9. The van der Waals surface area contributed by atoms with Gasteiger partial charge in [-0.2, -0.15) is 0 Å². The summed E-state index contributed by atoms with van der Waals surface area (Å²) < 4.78 is 28.8. The molecule has 0 amide bonds. The van der Waals surface area contributed by atoms with Crippen molar-refractivity contribution in [2.45, 2.75) is 290 Å². The monoisotopic (exact) mass is 897 g/mol. The lowest BCUT2D eigenvalue weighted by Crippen LogP contribution is -2.06. The molecule has 0 aromatic carbocycles. The zero-order valence-corrected chi connectivity index (χ0v) is 42.5. The van der Waals surface area contributed by atoms with Gasteiger partial charge >= 0.3 is 7.82 Å². The Morgan fingerprint density at radius 2 is 0.435 bits per heavy atom. The lowest BCUT2D eigenvalue weighted by Gasteiger charge is -2.15. The molecule has 0 atom stereocenters. The van der Waals surface area contributed by atoms with Crippen LogP contribution in [0, 0.1) is 0 Å². The molecule has 0 aliphatic carbocycles. The highest BCUT2D eigenvalue weighted by Gasteiger charge is 2.32. The molecule has 8 heteroatoms. The van der Waals surface area contributed by atoms with Crippen LogP contribution in [0.5, 0.6) is 0 Å². The summed E-state index contributed by atoms with van der Waals surface area (Å²) in [6, 6.07) is 0. The van der Waals surface area contributed by atoms with Gasteiger partial charge in [0.25, 0.3) is 0 Å². The summed E-state index contributed by atoms with van der Waals surface area (Å²) in [6.45, 7) is 7.74. The third kappa shape index (κ3) is 51.8. The molecule has 0 fully saturated rings. The Balaban J connectivity index is 4.17. The Labute approximate surface area is 386 Å². The van der Waals surface area contributed by atoms with E-state index in [0.717, 1.165) is 57.8 Å². The normalized spacial score (nSPS) is 12.4. The summed E-state index contributed by atoms with van der Waals surface area (Å²) >= 11 is 0. The van der Waals surface area contributed by atoms with E-state index in [0.29, 0.717) is 19.8 Å². The van der Waals surface area contributed by atoms with Crippen LogP contribution in [0.25, 0.3) is 0 Å². The highest BCUT2D eigenvalue weighted by Crippen LogP contribution is 2.50. The van der Waals surface area contributed by atoms with Crippen molar-refractivity contribution in [3.63, 3.8) is 0 Å². The first-order chi connectivity index (χ1) is 30.7. The van der Waals surface area contributed by atoms with Crippen molar-refractivity contribution in [3.05, 3.63) is 36.5 Å². The summed E-state index contributed by atoms with van der Waals surface area (Å²) in [6.07, 6.45) is 66.1. The van der Waals surface area contributed by atoms with Crippen molar-refractivity contribution < 1.29 is 33.3 Å². The van der Waals surface area contributed by atoms with Gasteiger partial charge in [0.1, 0.15) is 0 Å². The number of rotatable bonds is 54. The second-order valence-corrected chi connectivity index (χ2v) is 19.3. The fourth-order valence-corrected chi connectivity index (χ4v) is 8.25. The van der Waals surface area contributed by atoms with E-state index in [4.69, 9.17) is 28.7 Å². The topological polar surface area (TPSA) is 72.5 Å². The van der Waals surface area contributed by atoms with E-state index in [1.165, 1.54) is 212 Å². The third-order valence-corrected chi connectivity index (χ3v) is 12.5. The van der Waals surface area contributed by atoms with Gasteiger partial charge in [0.2, 0.25) is 0 Å². The van der Waals surface area contributed by atoms with Crippen molar-refractivity contribution >= 4 is 7.82 Å². The van der Waals surface area contributed by atoms with Gasteiger partial charge in [0, 0.05) is 0 Å². The highest BCUT2D eigenvalue weighted by molar-refractivity contribution is 7.48. The van der Waals surface area contributed by atoms with Crippen LogP contribution in [0.3, 0.4) is 0 Å². The van der Waals surface area contributed by atoms with Gasteiger partial charge in [0.15, 0.2) is 0 Å². The van der Waals surface area contributed by atoms with E-state index in [2.05, 4.69) is 57.2 Å². The maximum atomic E-state index is 13.3. The lowest BCUT2D eigenvalue weighted by molar-refractivity contribution is -0.325. The molecule has 62 heavy (non-hydrogen) atoms. The largest absolute Gasteiger partial charge is 0.556 e. The van der Waals surface area contributed by atoms with Crippen LogP contribution in [0.2, 0.25) is 0 Å². The van der Waals surface area contributed by atoms with E-state index in [1.807, 2.05) is 0 Å². The van der Waals surface area contributed by atoms with Crippen molar-refractivity contribution in [3.8, 4) is 0 Å². The molecular formula is C54H105O7P. The van der Waals surface area contributed by atoms with Crippen LogP contribution in [0.1, 0.15) is 290 Å². The molecule has 0 bridgehead atoms. The molecule has 0 aliphatic rings. The summed E-state index contributed by atoms with van der Waals surface area (Å²) in [5.74, 6) is 0. The van der Waals surface area contributed by atoms with Crippen LogP contribution in [-0.4, -0.2) is 19.8 Å². The van der Waals surface area contributed by atoms with Crippen molar-refractivity contribution in [2.75, 3.05) is 19.8 Å². The second kappa shape index (κ2) is 54.5. The number of allylic oxidation sites excluding steroid dienone is 6. The fraction of sp³-hybridized carbons (Fsp3) is 0.889. The molecule has 0 radical (unpaired) electrons. The van der Waals surface area contributed by atoms with Crippen LogP contribution < -0.4 is 0 Å². The Morgan fingerprint density at radius 1 is 0.258 bits per heavy atom. The van der Waals surface area contributed by atoms with E-state index in [1.54, 1.807) is 0 Å². The molecular weight excluding hydrogens is 792 g/mol. The molecule has 0 spiro atoms. The molecule has 0 aliphatic heterocycles. The average Bonchev–Trinajstić information content (AvgIpc) is 3.28. The highest BCUT2D eigenvalue weighted by atomic mass is 31.2. The van der Waals surface area contributed by atoms with Gasteiger partial charge < -0.3 is 0 Å². The van der Waals surface area contributed by atoms with Gasteiger partial charge in [-0.25, -0.2) is 19.2 Å². The zero-order chi connectivity index (χ0) is 44.8. The summed E-state index contributed by atoms with van der Waals surface area (Å²) in [5, 5.41) is 0. The first-order valence-corrected chi connectivity index (χ1v) is 28.6. The molecule has 0 aromatic rings. The Morgan fingerprint density at radius 3 is 0.645 bits per heavy atom. The van der Waals surface area contributed by atoms with E-state index in [9.17, 15) is 4.57 Å². The molecule has 0 heterocycles. The molecule has 0 rings (SSSR count). The van der Waals surface area contributed by atoms with Gasteiger partial charge in [-0.1, -0.05) is 231 Å². The SMILES string of the molecule is CCCCCCCC/C=C\CCCCCCCCOOP(=O)(OOCCCCCCCC/C=C\CCCCCCCC)OOCCCCCCCC/C=C\CCCCCCCC. The van der Waals surface area contributed by atoms with E-state index >= 15 is 0 Å². The molecule has 7 nitrogen and oxygen atoms in total. The molecule has 368 valence electrons. The lowest BCUT2D eigenvalue weighted by atomic mass is 10.1. The van der Waals surface area contributed by atoms with E-state index < -0.39 is 7.82 Å². The van der Waals surface area contributed by atoms with Gasteiger partial charge in [0.05, 0.1) is 19.8 Å². The molecule has 0 aromatic heterocycles. The Kier molecular flexibility index (Phi) is 53.8. The zero-order valence-electron chi connectivity index (χ0n) is 41.6. The van der Waals surface area contributed by atoms with E-state index in [-0.39, 0.29) is 0 Å². The minimum atomic E-state index is -4.18. The Bertz CT molecular complexity index is 852. The van der Waals surface area contributed by atoms with Gasteiger partial charge in [-0.05, 0) is 96.3 Å². The first-order valence-electron chi connectivity index (χ1n) is 27.2. The minimum Gasteiger partial charge on any atom is -0.226 e. The molecule has 0 saturated heterocycles. The molecule has 0 unspecified atom stereocenters.